The van der Waals surface area contributed by atoms with Gasteiger partial charge in [0, 0.05) is 6.42 Å². The number of benzene rings is 1. The van der Waals surface area contributed by atoms with E-state index in [0.717, 1.165) is 5.56 Å². The number of halogens is 3. The first-order valence-corrected chi connectivity index (χ1v) is 8.13. The van der Waals surface area contributed by atoms with Crippen LogP contribution in [0.25, 0.3) is 0 Å². The lowest BCUT2D eigenvalue weighted by Gasteiger charge is -2.23. The molecule has 0 unspecified atom stereocenters. The van der Waals surface area contributed by atoms with Gasteiger partial charge in [0.1, 0.15) is 6.61 Å². The molecule has 1 aromatic carbocycles. The zero-order valence-electron chi connectivity index (χ0n) is 14.8. The van der Waals surface area contributed by atoms with E-state index >= 15 is 0 Å². The van der Waals surface area contributed by atoms with Crippen LogP contribution >= 0.6 is 0 Å². The number of alkyl halides is 3. The molecule has 1 amide bonds. The highest BCUT2D eigenvalue weighted by atomic mass is 19.4. The van der Waals surface area contributed by atoms with Crippen LogP contribution in [0.5, 0.6) is 0 Å². The molecule has 1 N–H and O–H groups in total. The summed E-state index contributed by atoms with van der Waals surface area (Å²) >= 11 is 0. The van der Waals surface area contributed by atoms with Crippen LogP contribution in [-0.4, -0.2) is 29.9 Å². The molecule has 26 heavy (non-hydrogen) atoms. The third-order valence-electron chi connectivity index (χ3n) is 3.69. The molecule has 0 aromatic heterocycles. The van der Waals surface area contributed by atoms with Gasteiger partial charge in [-0.3, -0.25) is 14.4 Å². The molecule has 0 spiro atoms. The molecule has 0 aliphatic heterocycles. The third kappa shape index (κ3) is 6.85. The Balaban J connectivity index is 2.61. The van der Waals surface area contributed by atoms with E-state index in [1.54, 1.807) is 29.6 Å². The van der Waals surface area contributed by atoms with Gasteiger partial charge in [-0.15, -0.1) is 0 Å². The first kappa shape index (κ1) is 21.7. The number of rotatable bonds is 8. The molecule has 0 radical (unpaired) electrons. The van der Waals surface area contributed by atoms with Crippen molar-refractivity contribution in [3.8, 4) is 0 Å². The first-order chi connectivity index (χ1) is 12.0. The number of hydrogen-bond donors (Lipinski definition) is 1. The summed E-state index contributed by atoms with van der Waals surface area (Å²) in [6, 6.07) is 7.59. The second kappa shape index (κ2) is 9.35. The smallest absolute Gasteiger partial charge is 0.461 e. The minimum Gasteiger partial charge on any atom is -0.461 e. The van der Waals surface area contributed by atoms with E-state index in [0.29, 0.717) is 0 Å². The van der Waals surface area contributed by atoms with Crippen molar-refractivity contribution in [2.45, 2.75) is 46.0 Å². The summed E-state index contributed by atoms with van der Waals surface area (Å²) in [6.07, 6.45) is -5.40. The molecular formula is C18H22F3NO4. The van der Waals surface area contributed by atoms with Crippen molar-refractivity contribution in [3.05, 3.63) is 35.9 Å². The predicted molar refractivity (Wildman–Crippen MR) is 87.8 cm³/mol. The number of ketones is 1. The van der Waals surface area contributed by atoms with Crippen molar-refractivity contribution < 1.29 is 32.3 Å². The molecule has 0 aliphatic rings. The summed E-state index contributed by atoms with van der Waals surface area (Å²) in [7, 11) is 0. The van der Waals surface area contributed by atoms with Crippen LogP contribution in [0.3, 0.4) is 0 Å². The molecular weight excluding hydrogens is 351 g/mol. The molecule has 0 saturated heterocycles. The first-order valence-electron chi connectivity index (χ1n) is 8.13. The monoisotopic (exact) mass is 373 g/mol. The van der Waals surface area contributed by atoms with E-state index < -0.39 is 41.7 Å². The molecule has 0 saturated carbocycles. The fraction of sp³-hybridized carbons (Fsp3) is 0.500. The third-order valence-corrected chi connectivity index (χ3v) is 3.69. The molecule has 0 aliphatic carbocycles. The van der Waals surface area contributed by atoms with E-state index in [2.05, 4.69) is 0 Å². The van der Waals surface area contributed by atoms with Crippen molar-refractivity contribution in [1.29, 1.82) is 0 Å². The number of hydrogen-bond acceptors (Lipinski definition) is 4. The minimum absolute atomic E-state index is 0.0383. The number of amides is 1. The van der Waals surface area contributed by atoms with E-state index in [1.165, 1.54) is 20.8 Å². The van der Waals surface area contributed by atoms with Gasteiger partial charge in [0.05, 0.1) is 12.0 Å². The average molecular weight is 373 g/mol. The minimum atomic E-state index is -5.08. The van der Waals surface area contributed by atoms with Gasteiger partial charge < -0.3 is 10.1 Å². The molecule has 0 heterocycles. The lowest BCUT2D eigenvalue weighted by atomic mass is 9.93. The summed E-state index contributed by atoms with van der Waals surface area (Å²) < 4.78 is 42.3. The number of nitrogens with one attached hydrogen (secondary N) is 1. The van der Waals surface area contributed by atoms with Crippen LogP contribution in [0.4, 0.5) is 13.2 Å². The van der Waals surface area contributed by atoms with Crippen LogP contribution < -0.4 is 5.32 Å². The van der Waals surface area contributed by atoms with Gasteiger partial charge >= 0.3 is 18.1 Å². The van der Waals surface area contributed by atoms with Crippen molar-refractivity contribution in [2.75, 3.05) is 0 Å². The SMILES string of the molecule is CC(C)[C@H](NC(=O)C(F)(F)F)C(=O)C[C@@H](C)C(=O)OCc1ccccc1. The Bertz CT molecular complexity index is 629. The van der Waals surface area contributed by atoms with E-state index in [4.69, 9.17) is 4.74 Å². The Morgan fingerprint density at radius 1 is 1.08 bits per heavy atom. The fourth-order valence-corrected chi connectivity index (χ4v) is 2.23. The summed E-state index contributed by atoms with van der Waals surface area (Å²) in [6.45, 7) is 4.51. The maximum absolute atomic E-state index is 12.4. The summed E-state index contributed by atoms with van der Waals surface area (Å²) in [5, 5.41) is 1.69. The van der Waals surface area contributed by atoms with Crippen LogP contribution in [0.15, 0.2) is 30.3 Å². The Labute approximate surface area is 149 Å². The second-order valence-corrected chi connectivity index (χ2v) is 6.36. The quantitative estimate of drug-likeness (QED) is 0.711. The van der Waals surface area contributed by atoms with Gasteiger partial charge in [-0.2, -0.15) is 13.2 Å². The predicted octanol–water partition coefficient (Wildman–Crippen LogP) is 3.03. The van der Waals surface area contributed by atoms with Crippen LogP contribution in [0.1, 0.15) is 32.8 Å². The molecule has 1 aromatic rings. The van der Waals surface area contributed by atoms with Crippen LogP contribution in [0, 0.1) is 11.8 Å². The Morgan fingerprint density at radius 2 is 1.65 bits per heavy atom. The maximum Gasteiger partial charge on any atom is 0.471 e. The molecule has 2 atom stereocenters. The Morgan fingerprint density at radius 3 is 2.15 bits per heavy atom. The maximum atomic E-state index is 12.4. The largest absolute Gasteiger partial charge is 0.471 e. The van der Waals surface area contributed by atoms with Crippen LogP contribution in [-0.2, 0) is 25.7 Å². The molecule has 8 heteroatoms. The number of Topliss-reactive ketones (excluding diaryl/α,β-unsaturated/α-hetero) is 1. The van der Waals surface area contributed by atoms with Gasteiger partial charge in [0.25, 0.3) is 0 Å². The summed E-state index contributed by atoms with van der Waals surface area (Å²) in [5.74, 6) is -4.85. The molecule has 5 nitrogen and oxygen atoms in total. The van der Waals surface area contributed by atoms with Gasteiger partial charge in [0.15, 0.2) is 5.78 Å². The Kier molecular flexibility index (Phi) is 7.79. The highest BCUT2D eigenvalue weighted by Crippen LogP contribution is 2.18. The second-order valence-electron chi connectivity index (χ2n) is 6.36. The van der Waals surface area contributed by atoms with Crippen molar-refractivity contribution in [3.63, 3.8) is 0 Å². The van der Waals surface area contributed by atoms with Gasteiger partial charge in [0.2, 0.25) is 0 Å². The van der Waals surface area contributed by atoms with Crippen molar-refractivity contribution in [1.82, 2.24) is 5.32 Å². The highest BCUT2D eigenvalue weighted by Gasteiger charge is 2.41. The lowest BCUT2D eigenvalue weighted by molar-refractivity contribution is -0.175. The van der Waals surface area contributed by atoms with E-state index in [-0.39, 0.29) is 13.0 Å². The zero-order chi connectivity index (χ0) is 19.9. The number of ether oxygens (including phenoxy) is 1. The standard InChI is InChI=1S/C18H22F3NO4/c1-11(2)15(22-17(25)18(19,20)21)14(23)9-12(3)16(24)26-10-13-7-5-4-6-8-13/h4-8,11-12,15H,9-10H2,1-3H3,(H,22,25)/t12-,15+/m1/s1. The molecule has 0 fully saturated rings. The van der Waals surface area contributed by atoms with E-state index in [1.807, 2.05) is 6.07 Å². The number of carbonyl (C=O) groups is 3. The topological polar surface area (TPSA) is 72.5 Å². The van der Waals surface area contributed by atoms with Crippen molar-refractivity contribution in [2.24, 2.45) is 11.8 Å². The summed E-state index contributed by atoms with van der Waals surface area (Å²) in [5.41, 5.74) is 0.775. The van der Waals surface area contributed by atoms with E-state index in [9.17, 15) is 27.6 Å². The lowest BCUT2D eigenvalue weighted by Crippen LogP contribution is -2.49. The fourth-order valence-electron chi connectivity index (χ4n) is 2.23. The summed E-state index contributed by atoms with van der Waals surface area (Å²) in [4.78, 5) is 35.3. The van der Waals surface area contributed by atoms with Crippen molar-refractivity contribution >= 4 is 17.7 Å². The van der Waals surface area contributed by atoms with Crippen LogP contribution in [0.2, 0.25) is 0 Å². The number of esters is 1. The molecule has 144 valence electrons. The normalized spacial score (nSPS) is 13.8. The van der Waals surface area contributed by atoms with Gasteiger partial charge in [-0.1, -0.05) is 51.1 Å². The average Bonchev–Trinajstić information content (AvgIpc) is 2.56. The number of carbonyl (C=O) groups excluding carboxylic acids is 3. The van der Waals surface area contributed by atoms with Gasteiger partial charge in [-0.05, 0) is 11.5 Å². The molecule has 1 rings (SSSR count). The highest BCUT2D eigenvalue weighted by molar-refractivity contribution is 5.92. The molecule has 0 bridgehead atoms. The zero-order valence-corrected chi connectivity index (χ0v) is 14.8. The Hall–Kier alpha value is -2.38. The van der Waals surface area contributed by atoms with Gasteiger partial charge in [-0.25, -0.2) is 0 Å².